The zero-order valence-electron chi connectivity index (χ0n) is 13.6. The number of nitriles is 2. The summed E-state index contributed by atoms with van der Waals surface area (Å²) >= 11 is 0. The number of anilines is 3. The van der Waals surface area contributed by atoms with E-state index in [0.717, 1.165) is 0 Å². The minimum Gasteiger partial charge on any atom is -0.382 e. The van der Waals surface area contributed by atoms with E-state index in [1.807, 2.05) is 12.1 Å². The number of nitrogens with one attached hydrogen (secondary N) is 2. The maximum Gasteiger partial charge on any atom is 0.260 e. The molecule has 0 saturated carbocycles. The molecule has 3 rings (SSSR count). The summed E-state index contributed by atoms with van der Waals surface area (Å²) in [5.74, 6) is 0.305. The molecule has 6 N–H and O–H groups in total. The van der Waals surface area contributed by atoms with Crippen molar-refractivity contribution in [3.63, 3.8) is 0 Å². The number of aromatic amines is 1. The molecule has 0 bridgehead atoms. The fourth-order valence-electron chi connectivity index (χ4n) is 2.49. The molecule has 0 aliphatic heterocycles. The predicted octanol–water partition coefficient (Wildman–Crippen LogP) is 0.794. The highest BCUT2D eigenvalue weighted by Gasteiger charge is 2.17. The number of rotatable bonds is 3. The largest absolute Gasteiger partial charge is 0.382 e. The van der Waals surface area contributed by atoms with Crippen LogP contribution in [0.5, 0.6) is 0 Å². The lowest BCUT2D eigenvalue weighted by Gasteiger charge is -2.16. The monoisotopic (exact) mass is 347 g/mol. The van der Waals surface area contributed by atoms with Crippen LogP contribution in [0.4, 0.5) is 17.6 Å². The number of benzene rings is 1. The summed E-state index contributed by atoms with van der Waals surface area (Å²) in [7, 11) is 0. The molecule has 0 aliphatic rings. The minimum absolute atomic E-state index is 0.0425. The second-order valence-corrected chi connectivity index (χ2v) is 5.43. The molecule has 128 valence electrons. The summed E-state index contributed by atoms with van der Waals surface area (Å²) in [5, 5.41) is 21.5. The van der Waals surface area contributed by atoms with Gasteiger partial charge < -0.3 is 21.8 Å². The molecule has 0 saturated heterocycles. The zero-order chi connectivity index (χ0) is 18.8. The maximum atomic E-state index is 12.4. The Morgan fingerprint density at radius 2 is 1.96 bits per heavy atom. The molecule has 2 heterocycles. The van der Waals surface area contributed by atoms with Gasteiger partial charge >= 0.3 is 0 Å². The van der Waals surface area contributed by atoms with Gasteiger partial charge in [0, 0.05) is 0 Å². The number of aromatic nitrogens is 4. The summed E-state index contributed by atoms with van der Waals surface area (Å²) in [4.78, 5) is 27.1. The number of nitrogen functional groups attached to an aromatic ring is 2. The Hall–Kier alpha value is -4.18. The van der Waals surface area contributed by atoms with Gasteiger partial charge in [-0.05, 0) is 19.1 Å². The Morgan fingerprint density at radius 3 is 2.65 bits per heavy atom. The molecular weight excluding hydrogens is 334 g/mol. The number of nitrogens with zero attached hydrogens (tertiary/aromatic N) is 5. The van der Waals surface area contributed by atoms with Gasteiger partial charge in [0.15, 0.2) is 5.82 Å². The number of fused-ring (bicyclic) bond motifs is 1. The van der Waals surface area contributed by atoms with E-state index in [2.05, 4.69) is 25.3 Å². The molecule has 0 fully saturated rings. The topological polar surface area (TPSA) is 183 Å². The quantitative estimate of drug-likeness (QED) is 0.532. The van der Waals surface area contributed by atoms with Crippen LogP contribution in [0.15, 0.2) is 23.0 Å². The van der Waals surface area contributed by atoms with E-state index < -0.39 is 11.6 Å². The van der Waals surface area contributed by atoms with Crippen molar-refractivity contribution in [2.75, 3.05) is 16.8 Å². The van der Waals surface area contributed by atoms with Crippen molar-refractivity contribution < 1.29 is 0 Å². The van der Waals surface area contributed by atoms with E-state index in [1.165, 1.54) is 0 Å². The summed E-state index contributed by atoms with van der Waals surface area (Å²) in [6.45, 7) is 1.72. The van der Waals surface area contributed by atoms with Gasteiger partial charge in [-0.3, -0.25) is 4.79 Å². The molecule has 1 aromatic carbocycles. The lowest BCUT2D eigenvalue weighted by molar-refractivity contribution is 0.785. The zero-order valence-corrected chi connectivity index (χ0v) is 13.6. The Kier molecular flexibility index (Phi) is 4.09. The molecule has 1 atom stereocenters. The van der Waals surface area contributed by atoms with Crippen LogP contribution in [0.3, 0.4) is 0 Å². The highest BCUT2D eigenvalue weighted by Crippen LogP contribution is 2.23. The summed E-state index contributed by atoms with van der Waals surface area (Å²) < 4.78 is 0. The van der Waals surface area contributed by atoms with Crippen LogP contribution < -0.4 is 22.3 Å². The van der Waals surface area contributed by atoms with Gasteiger partial charge in [-0.15, -0.1) is 0 Å². The van der Waals surface area contributed by atoms with E-state index in [-0.39, 0.29) is 34.1 Å². The first kappa shape index (κ1) is 16.7. The number of H-pyrrole nitrogens is 1. The molecule has 10 heteroatoms. The van der Waals surface area contributed by atoms with Gasteiger partial charge in [-0.2, -0.15) is 20.5 Å². The van der Waals surface area contributed by atoms with Gasteiger partial charge in [-0.25, -0.2) is 4.98 Å². The van der Waals surface area contributed by atoms with E-state index >= 15 is 0 Å². The Balaban J connectivity index is 2.05. The molecule has 10 nitrogen and oxygen atoms in total. The average Bonchev–Trinajstić information content (AvgIpc) is 2.60. The van der Waals surface area contributed by atoms with Crippen molar-refractivity contribution in [2.45, 2.75) is 13.0 Å². The van der Waals surface area contributed by atoms with E-state index in [0.29, 0.717) is 11.3 Å². The second kappa shape index (κ2) is 6.37. The molecule has 0 radical (unpaired) electrons. The van der Waals surface area contributed by atoms with Gasteiger partial charge in [0.2, 0.25) is 5.95 Å². The Morgan fingerprint density at radius 1 is 1.19 bits per heavy atom. The maximum absolute atomic E-state index is 12.4. The normalized spacial score (nSPS) is 11.5. The highest BCUT2D eigenvalue weighted by atomic mass is 16.1. The van der Waals surface area contributed by atoms with Gasteiger partial charge in [0.1, 0.15) is 29.3 Å². The molecule has 0 aliphatic carbocycles. The standard InChI is InChI=1S/C16H13N9O/c1-7(21-14-9(6-18)12(19)23-16(20)25-14)13-22-10-4-2-3-8(5-17)11(10)15(26)24-13/h2-4,7H,1H3,(H,22,24,26)(H5,19,20,21,23,25). The number of hydrogen-bond donors (Lipinski definition) is 4. The third kappa shape index (κ3) is 2.83. The van der Waals surface area contributed by atoms with Crippen LogP contribution in [-0.2, 0) is 0 Å². The molecule has 26 heavy (non-hydrogen) atoms. The Bertz CT molecular complexity index is 1150. The van der Waals surface area contributed by atoms with Gasteiger partial charge in [0.05, 0.1) is 22.5 Å². The minimum atomic E-state index is -0.529. The summed E-state index contributed by atoms with van der Waals surface area (Å²) in [6, 6.07) is 8.19. The van der Waals surface area contributed by atoms with Crippen molar-refractivity contribution in [2.24, 2.45) is 0 Å². The van der Waals surface area contributed by atoms with Crippen LogP contribution in [0.1, 0.15) is 29.9 Å². The first-order valence-corrected chi connectivity index (χ1v) is 7.47. The van der Waals surface area contributed by atoms with Crippen molar-refractivity contribution in [3.8, 4) is 12.1 Å². The van der Waals surface area contributed by atoms with Crippen LogP contribution in [0.25, 0.3) is 10.9 Å². The first-order chi connectivity index (χ1) is 12.4. The van der Waals surface area contributed by atoms with Crippen molar-refractivity contribution in [1.82, 2.24) is 19.9 Å². The number of hydrogen-bond acceptors (Lipinski definition) is 9. The lowest BCUT2D eigenvalue weighted by atomic mass is 10.1. The van der Waals surface area contributed by atoms with Gasteiger partial charge in [-0.1, -0.05) is 6.07 Å². The number of nitrogens with two attached hydrogens (primary N) is 2. The molecule has 2 aromatic heterocycles. The third-order valence-electron chi connectivity index (χ3n) is 3.70. The summed E-state index contributed by atoms with van der Waals surface area (Å²) in [5.41, 5.74) is 11.5. The molecule has 0 amide bonds. The lowest BCUT2D eigenvalue weighted by Crippen LogP contribution is -2.20. The highest BCUT2D eigenvalue weighted by molar-refractivity contribution is 5.83. The third-order valence-corrected chi connectivity index (χ3v) is 3.70. The van der Waals surface area contributed by atoms with Crippen molar-refractivity contribution in [3.05, 3.63) is 45.5 Å². The van der Waals surface area contributed by atoms with Crippen LogP contribution in [-0.4, -0.2) is 19.9 Å². The Labute approximate surface area is 147 Å². The van der Waals surface area contributed by atoms with Crippen molar-refractivity contribution >= 4 is 28.5 Å². The second-order valence-electron chi connectivity index (χ2n) is 5.43. The fraction of sp³-hybridized carbons (Fsp3) is 0.125. The average molecular weight is 347 g/mol. The van der Waals surface area contributed by atoms with Crippen molar-refractivity contribution in [1.29, 1.82) is 10.5 Å². The first-order valence-electron chi connectivity index (χ1n) is 7.47. The van der Waals surface area contributed by atoms with Gasteiger partial charge in [0.25, 0.3) is 5.56 Å². The van der Waals surface area contributed by atoms with E-state index in [9.17, 15) is 10.1 Å². The molecule has 0 spiro atoms. The van der Waals surface area contributed by atoms with Crippen LogP contribution >= 0.6 is 0 Å². The van der Waals surface area contributed by atoms with E-state index in [4.69, 9.17) is 16.7 Å². The predicted molar refractivity (Wildman–Crippen MR) is 94.7 cm³/mol. The van der Waals surface area contributed by atoms with Crippen LogP contribution in [0.2, 0.25) is 0 Å². The van der Waals surface area contributed by atoms with E-state index in [1.54, 1.807) is 25.1 Å². The SMILES string of the molecule is CC(Nc1nc(N)nc(N)c1C#N)c1nc2cccc(C#N)c2c(=O)[nH]1. The van der Waals surface area contributed by atoms with Crippen LogP contribution in [0, 0.1) is 22.7 Å². The smallest absolute Gasteiger partial charge is 0.260 e. The summed E-state index contributed by atoms with van der Waals surface area (Å²) in [6.07, 6.45) is 0. The molecule has 1 unspecified atom stereocenters. The fourth-order valence-corrected chi connectivity index (χ4v) is 2.49. The molecule has 3 aromatic rings. The molecular formula is C16H13N9O.